The van der Waals surface area contributed by atoms with Gasteiger partial charge in [-0.05, 0) is 12.1 Å². The summed E-state index contributed by atoms with van der Waals surface area (Å²) < 4.78 is 5.35. The second kappa shape index (κ2) is 5.41. The highest BCUT2D eigenvalue weighted by atomic mass is 35.5. The number of hydrogen-bond acceptors (Lipinski definition) is 2. The van der Waals surface area contributed by atoms with Gasteiger partial charge in [-0.3, -0.25) is 4.79 Å². The molecular weight excluding hydrogens is 214 g/mol. The van der Waals surface area contributed by atoms with Crippen molar-refractivity contribution in [2.45, 2.75) is 6.92 Å². The van der Waals surface area contributed by atoms with E-state index in [1.54, 1.807) is 24.3 Å². The van der Waals surface area contributed by atoms with E-state index in [0.717, 1.165) is 0 Å². The Hall–Kier alpha value is -1.48. The summed E-state index contributed by atoms with van der Waals surface area (Å²) in [6.45, 7) is 5.35. The minimum Gasteiger partial charge on any atom is -0.487 e. The van der Waals surface area contributed by atoms with Gasteiger partial charge in [0.1, 0.15) is 12.4 Å². The highest BCUT2D eigenvalue weighted by molar-refractivity contribution is 6.30. The van der Waals surface area contributed by atoms with E-state index in [4.69, 9.17) is 16.3 Å². The van der Waals surface area contributed by atoms with Crippen molar-refractivity contribution >= 4 is 23.2 Å². The zero-order chi connectivity index (χ0) is 11.3. The van der Waals surface area contributed by atoms with Gasteiger partial charge < -0.3 is 10.1 Å². The predicted molar refractivity (Wildman–Crippen MR) is 61.4 cm³/mol. The molecule has 1 aromatic carbocycles. The number of anilines is 1. The largest absolute Gasteiger partial charge is 0.487 e. The van der Waals surface area contributed by atoms with E-state index in [2.05, 4.69) is 11.9 Å². The van der Waals surface area contributed by atoms with Gasteiger partial charge in [-0.25, -0.2) is 0 Å². The smallest absolute Gasteiger partial charge is 0.221 e. The highest BCUT2D eigenvalue weighted by Gasteiger charge is 2.05. The summed E-state index contributed by atoms with van der Waals surface area (Å²) in [5, 5.41) is 3.21. The van der Waals surface area contributed by atoms with Crippen LogP contribution < -0.4 is 10.1 Å². The van der Waals surface area contributed by atoms with Crippen molar-refractivity contribution in [3.8, 4) is 5.75 Å². The third-order valence-corrected chi connectivity index (χ3v) is 1.85. The van der Waals surface area contributed by atoms with Crippen LogP contribution in [0, 0.1) is 0 Å². The number of nitrogens with one attached hydrogen (secondary N) is 1. The molecule has 0 aliphatic heterocycles. The Morgan fingerprint density at radius 1 is 1.67 bits per heavy atom. The first kappa shape index (κ1) is 11.6. The molecule has 0 bridgehead atoms. The molecule has 0 aromatic heterocycles. The molecule has 0 heterocycles. The van der Waals surface area contributed by atoms with E-state index < -0.39 is 0 Å². The normalized spacial score (nSPS) is 9.47. The van der Waals surface area contributed by atoms with Gasteiger partial charge in [0.05, 0.1) is 5.69 Å². The van der Waals surface area contributed by atoms with Crippen LogP contribution in [0.2, 0.25) is 5.02 Å². The van der Waals surface area contributed by atoms with Gasteiger partial charge in [-0.2, -0.15) is 0 Å². The zero-order valence-electron chi connectivity index (χ0n) is 8.42. The molecule has 0 unspecified atom stereocenters. The fraction of sp³-hybridized carbons (Fsp3) is 0.182. The summed E-state index contributed by atoms with van der Waals surface area (Å²) in [6.07, 6.45) is 1.62. The summed E-state index contributed by atoms with van der Waals surface area (Å²) in [4.78, 5) is 10.9. The summed E-state index contributed by atoms with van der Waals surface area (Å²) >= 11 is 5.81. The molecule has 0 spiro atoms. The third kappa shape index (κ3) is 3.64. The summed E-state index contributed by atoms with van der Waals surface area (Å²) in [7, 11) is 0. The molecule has 1 aromatic rings. The van der Waals surface area contributed by atoms with Crippen molar-refractivity contribution in [3.63, 3.8) is 0 Å². The van der Waals surface area contributed by atoms with E-state index in [1.807, 2.05) is 0 Å². The van der Waals surface area contributed by atoms with Gasteiger partial charge in [-0.15, -0.1) is 0 Å². The van der Waals surface area contributed by atoms with Gasteiger partial charge in [-0.1, -0.05) is 24.3 Å². The van der Waals surface area contributed by atoms with Gasteiger partial charge in [0.15, 0.2) is 0 Å². The lowest BCUT2D eigenvalue weighted by Gasteiger charge is -2.10. The number of carbonyl (C=O) groups excluding carboxylic acids is 1. The number of rotatable bonds is 4. The Balaban J connectivity index is 2.91. The number of halogens is 1. The lowest BCUT2D eigenvalue weighted by atomic mass is 10.3. The molecule has 0 aliphatic rings. The molecule has 0 radical (unpaired) electrons. The first-order valence-electron chi connectivity index (χ1n) is 4.44. The van der Waals surface area contributed by atoms with Crippen LogP contribution in [0.3, 0.4) is 0 Å². The summed E-state index contributed by atoms with van der Waals surface area (Å²) in [5.41, 5.74) is 0.605. The average Bonchev–Trinajstić information content (AvgIpc) is 2.18. The van der Waals surface area contributed by atoms with Gasteiger partial charge >= 0.3 is 0 Å². The average molecular weight is 226 g/mol. The molecule has 0 aliphatic carbocycles. The molecule has 0 saturated carbocycles. The van der Waals surface area contributed by atoms with E-state index in [0.29, 0.717) is 23.1 Å². The van der Waals surface area contributed by atoms with Crippen molar-refractivity contribution in [1.82, 2.24) is 0 Å². The Kier molecular flexibility index (Phi) is 4.18. The number of benzene rings is 1. The van der Waals surface area contributed by atoms with Crippen molar-refractivity contribution in [2.24, 2.45) is 0 Å². The lowest BCUT2D eigenvalue weighted by molar-refractivity contribution is -0.114. The SMILES string of the molecule is C=CCOc1cc(Cl)ccc1NC(C)=O. The molecule has 1 amide bonds. The van der Waals surface area contributed by atoms with Crippen LogP contribution >= 0.6 is 11.6 Å². The van der Waals surface area contributed by atoms with Crippen LogP contribution in [0.1, 0.15) is 6.92 Å². The minimum atomic E-state index is -0.152. The van der Waals surface area contributed by atoms with Crippen molar-refractivity contribution in [1.29, 1.82) is 0 Å². The molecule has 80 valence electrons. The Labute approximate surface area is 93.7 Å². The quantitative estimate of drug-likeness (QED) is 0.801. The van der Waals surface area contributed by atoms with Gasteiger partial charge in [0, 0.05) is 18.0 Å². The van der Waals surface area contributed by atoms with Crippen molar-refractivity contribution in [2.75, 3.05) is 11.9 Å². The zero-order valence-corrected chi connectivity index (χ0v) is 9.17. The number of carbonyl (C=O) groups is 1. The fourth-order valence-corrected chi connectivity index (χ4v) is 1.22. The number of hydrogen-bond donors (Lipinski definition) is 1. The van der Waals surface area contributed by atoms with Crippen LogP contribution in [0.5, 0.6) is 5.75 Å². The fourth-order valence-electron chi connectivity index (χ4n) is 1.06. The molecule has 0 fully saturated rings. The number of ether oxygens (including phenoxy) is 1. The molecular formula is C11H12ClNO2. The predicted octanol–water partition coefficient (Wildman–Crippen LogP) is 2.86. The summed E-state index contributed by atoms with van der Waals surface area (Å²) in [5.74, 6) is 0.387. The van der Waals surface area contributed by atoms with Crippen LogP contribution in [0.25, 0.3) is 0 Å². The minimum absolute atomic E-state index is 0.152. The monoisotopic (exact) mass is 225 g/mol. The van der Waals surface area contributed by atoms with Crippen molar-refractivity contribution < 1.29 is 9.53 Å². The molecule has 0 atom stereocenters. The highest BCUT2D eigenvalue weighted by Crippen LogP contribution is 2.28. The molecule has 1 N–H and O–H groups in total. The Morgan fingerprint density at radius 2 is 2.40 bits per heavy atom. The third-order valence-electron chi connectivity index (χ3n) is 1.61. The van der Waals surface area contributed by atoms with Crippen LogP contribution in [0.4, 0.5) is 5.69 Å². The maximum Gasteiger partial charge on any atom is 0.221 e. The lowest BCUT2D eigenvalue weighted by Crippen LogP contribution is -2.07. The topological polar surface area (TPSA) is 38.3 Å². The number of amides is 1. The molecule has 4 heteroatoms. The van der Waals surface area contributed by atoms with E-state index in [9.17, 15) is 4.79 Å². The van der Waals surface area contributed by atoms with Crippen LogP contribution in [-0.2, 0) is 4.79 Å². The molecule has 0 saturated heterocycles. The van der Waals surface area contributed by atoms with E-state index >= 15 is 0 Å². The summed E-state index contributed by atoms with van der Waals surface area (Å²) in [6, 6.07) is 5.03. The van der Waals surface area contributed by atoms with Crippen molar-refractivity contribution in [3.05, 3.63) is 35.9 Å². The second-order valence-corrected chi connectivity index (χ2v) is 3.36. The Bertz CT molecular complexity index is 377. The molecule has 15 heavy (non-hydrogen) atoms. The van der Waals surface area contributed by atoms with Crippen LogP contribution in [0.15, 0.2) is 30.9 Å². The van der Waals surface area contributed by atoms with Gasteiger partial charge in [0.25, 0.3) is 0 Å². The first-order valence-corrected chi connectivity index (χ1v) is 4.82. The molecule has 3 nitrogen and oxygen atoms in total. The van der Waals surface area contributed by atoms with E-state index in [1.165, 1.54) is 6.92 Å². The van der Waals surface area contributed by atoms with E-state index in [-0.39, 0.29) is 5.91 Å². The van der Waals surface area contributed by atoms with Crippen LogP contribution in [-0.4, -0.2) is 12.5 Å². The first-order chi connectivity index (χ1) is 7.13. The maximum absolute atomic E-state index is 10.9. The Morgan fingerprint density at radius 3 is 3.00 bits per heavy atom. The standard InChI is InChI=1S/C11H12ClNO2/c1-3-6-15-11-7-9(12)4-5-10(11)13-8(2)14/h3-5,7H,1,6H2,2H3,(H,13,14). The maximum atomic E-state index is 10.9. The molecule has 1 rings (SSSR count). The van der Waals surface area contributed by atoms with Gasteiger partial charge in [0.2, 0.25) is 5.91 Å². The second-order valence-electron chi connectivity index (χ2n) is 2.92.